The van der Waals surface area contributed by atoms with Crippen LogP contribution in [0.2, 0.25) is 0 Å². The molecule has 7 heteroatoms. The van der Waals surface area contributed by atoms with Crippen molar-refractivity contribution in [1.29, 1.82) is 0 Å². The van der Waals surface area contributed by atoms with Crippen LogP contribution in [-0.4, -0.2) is 33.2 Å². The molecule has 0 fully saturated rings. The second-order valence-corrected chi connectivity index (χ2v) is 18.0. The molecule has 0 aliphatic heterocycles. The molecule has 0 radical (unpaired) electrons. The van der Waals surface area contributed by atoms with Crippen molar-refractivity contribution in [3.63, 3.8) is 0 Å². The van der Waals surface area contributed by atoms with Gasteiger partial charge >= 0.3 is 0 Å². The smallest absolute Gasteiger partial charge is 0.238 e. The number of rotatable bonds is 6. The minimum absolute atomic E-state index is 0.532. The van der Waals surface area contributed by atoms with E-state index >= 15 is 0 Å². The van der Waals surface area contributed by atoms with Gasteiger partial charge in [-0.3, -0.25) is 4.57 Å². The Morgan fingerprint density at radius 2 is 0.700 bits per heavy atom. The van der Waals surface area contributed by atoms with E-state index in [1.165, 1.54) is 26.9 Å². The molecule has 15 aromatic rings. The predicted octanol–water partition coefficient (Wildman–Crippen LogP) is 15.6. The van der Waals surface area contributed by atoms with Crippen LogP contribution in [0.15, 0.2) is 237 Å². The highest BCUT2D eigenvalue weighted by Crippen LogP contribution is 2.47. The standard InChI is InChI=1S/C63H39N7/c1-4-21-40(22-5-1)61-64-62(49-33-20-32-46-45-29-12-15-34-50(45)67(59(46)49)41-23-6-2-7-24-41)66-63(65-61)70-54-38-19-14-31-48(54)58-56(70)39-55(69-51-35-16-10-27-43(51)44-28-11-17-36-52(44)69)57-47-30-13-18-37-53(47)68(60(57)58)42-25-8-3-9-26-42/h1-39H. The molecule has 0 bridgehead atoms. The second-order valence-electron chi connectivity index (χ2n) is 18.0. The summed E-state index contributed by atoms with van der Waals surface area (Å²) in [5.74, 6) is 1.71. The molecule has 0 saturated heterocycles. The summed E-state index contributed by atoms with van der Waals surface area (Å²) in [6.45, 7) is 0. The first-order chi connectivity index (χ1) is 34.8. The molecule has 0 amide bonds. The van der Waals surface area contributed by atoms with Gasteiger partial charge in [-0.2, -0.15) is 9.97 Å². The zero-order chi connectivity index (χ0) is 45.9. The average Bonchev–Trinajstić information content (AvgIpc) is 4.16. The number of hydrogen-bond acceptors (Lipinski definition) is 3. The van der Waals surface area contributed by atoms with Crippen LogP contribution >= 0.6 is 0 Å². The van der Waals surface area contributed by atoms with Crippen LogP contribution in [-0.2, 0) is 0 Å². The highest BCUT2D eigenvalue weighted by molar-refractivity contribution is 6.29. The maximum Gasteiger partial charge on any atom is 0.238 e. The molecule has 0 spiro atoms. The molecule has 5 aromatic heterocycles. The number of fused-ring (bicyclic) bond motifs is 13. The van der Waals surface area contributed by atoms with E-state index in [2.05, 4.69) is 237 Å². The van der Waals surface area contributed by atoms with E-state index in [1.54, 1.807) is 0 Å². The summed E-state index contributed by atoms with van der Waals surface area (Å²) in [4.78, 5) is 16.5. The number of hydrogen-bond donors (Lipinski definition) is 0. The molecule has 5 heterocycles. The highest BCUT2D eigenvalue weighted by atomic mass is 15.2. The van der Waals surface area contributed by atoms with Gasteiger partial charge in [-0.15, -0.1) is 0 Å². The fraction of sp³-hybridized carbons (Fsp3) is 0. The summed E-state index contributed by atoms with van der Waals surface area (Å²) in [5.41, 5.74) is 13.7. The van der Waals surface area contributed by atoms with Gasteiger partial charge in [-0.1, -0.05) is 170 Å². The van der Waals surface area contributed by atoms with E-state index in [1.807, 2.05) is 18.2 Å². The fourth-order valence-corrected chi connectivity index (χ4v) is 11.3. The fourth-order valence-electron chi connectivity index (χ4n) is 11.3. The van der Waals surface area contributed by atoms with Crippen molar-refractivity contribution in [2.45, 2.75) is 0 Å². The maximum absolute atomic E-state index is 5.64. The summed E-state index contributed by atoms with van der Waals surface area (Å²) in [6, 6.07) is 84.2. The molecule has 0 N–H and O–H groups in total. The molecule has 0 unspecified atom stereocenters. The molecular weight excluding hydrogens is 855 g/mol. The first kappa shape index (κ1) is 38.5. The number of para-hydroxylation sites is 8. The zero-order valence-corrected chi connectivity index (χ0v) is 37.6. The van der Waals surface area contributed by atoms with Crippen LogP contribution in [0.25, 0.3) is 133 Å². The van der Waals surface area contributed by atoms with Crippen molar-refractivity contribution in [3.8, 4) is 45.8 Å². The molecule has 0 aliphatic carbocycles. The SMILES string of the molecule is c1ccc(-c2nc(-c3cccc4c5ccccc5n(-c5ccccc5)c34)nc(-n3c4ccccc4c4c3cc(-n3c5ccccc5c5ccccc53)c3c5ccccc5n(-c5ccccc5)c34)n2)cc1. The van der Waals surface area contributed by atoms with Crippen molar-refractivity contribution < 1.29 is 0 Å². The lowest BCUT2D eigenvalue weighted by Crippen LogP contribution is -2.07. The Balaban J connectivity index is 1.13. The number of aromatic nitrogens is 7. The van der Waals surface area contributed by atoms with Gasteiger partial charge in [0.2, 0.25) is 5.95 Å². The Morgan fingerprint density at radius 1 is 0.271 bits per heavy atom. The van der Waals surface area contributed by atoms with Gasteiger partial charge in [0, 0.05) is 65.6 Å². The monoisotopic (exact) mass is 893 g/mol. The quantitative estimate of drug-likeness (QED) is 0.167. The molecule has 0 saturated carbocycles. The van der Waals surface area contributed by atoms with Gasteiger partial charge in [-0.05, 0) is 66.7 Å². The first-order valence-corrected chi connectivity index (χ1v) is 23.7. The lowest BCUT2D eigenvalue weighted by molar-refractivity contribution is 0.953. The van der Waals surface area contributed by atoms with Gasteiger partial charge in [0.15, 0.2) is 11.6 Å². The highest BCUT2D eigenvalue weighted by Gasteiger charge is 2.28. The summed E-state index contributed by atoms with van der Waals surface area (Å²) in [5, 5.41) is 9.26. The van der Waals surface area contributed by atoms with E-state index < -0.39 is 0 Å². The van der Waals surface area contributed by atoms with E-state index in [0.717, 1.165) is 88.5 Å². The van der Waals surface area contributed by atoms with Crippen molar-refractivity contribution in [2.75, 3.05) is 0 Å². The van der Waals surface area contributed by atoms with Crippen LogP contribution in [0.1, 0.15) is 0 Å². The minimum Gasteiger partial charge on any atom is -0.309 e. The second kappa shape index (κ2) is 15.0. The normalized spacial score (nSPS) is 12.0. The maximum atomic E-state index is 5.64. The van der Waals surface area contributed by atoms with Gasteiger partial charge in [-0.25, -0.2) is 4.98 Å². The van der Waals surface area contributed by atoms with Crippen molar-refractivity contribution in [3.05, 3.63) is 237 Å². The topological polar surface area (TPSA) is 58.4 Å². The molecule has 70 heavy (non-hydrogen) atoms. The van der Waals surface area contributed by atoms with Crippen molar-refractivity contribution in [2.24, 2.45) is 0 Å². The molecule has 7 nitrogen and oxygen atoms in total. The van der Waals surface area contributed by atoms with E-state index in [4.69, 9.17) is 15.0 Å². The van der Waals surface area contributed by atoms with Crippen LogP contribution in [0.3, 0.4) is 0 Å². The molecule has 15 rings (SSSR count). The van der Waals surface area contributed by atoms with Crippen LogP contribution in [0.4, 0.5) is 0 Å². The van der Waals surface area contributed by atoms with Gasteiger partial charge in [0.05, 0.1) is 49.8 Å². The summed E-state index contributed by atoms with van der Waals surface area (Å²) in [6.07, 6.45) is 0. The Kier molecular flexibility index (Phi) is 8.23. The van der Waals surface area contributed by atoms with Crippen LogP contribution < -0.4 is 0 Å². The Bertz CT molecular complexity index is 4520. The van der Waals surface area contributed by atoms with Crippen LogP contribution in [0.5, 0.6) is 0 Å². The van der Waals surface area contributed by atoms with Gasteiger partial charge < -0.3 is 13.7 Å². The first-order valence-electron chi connectivity index (χ1n) is 23.7. The van der Waals surface area contributed by atoms with Crippen molar-refractivity contribution >= 4 is 87.2 Å². The molecule has 0 atom stereocenters. The number of nitrogens with zero attached hydrogens (tertiary/aromatic N) is 7. The predicted molar refractivity (Wildman–Crippen MR) is 288 cm³/mol. The van der Waals surface area contributed by atoms with Gasteiger partial charge in [0.25, 0.3) is 0 Å². The summed E-state index contributed by atoms with van der Waals surface area (Å²) < 4.78 is 9.55. The number of benzene rings is 10. The lowest BCUT2D eigenvalue weighted by Gasteiger charge is -2.15. The van der Waals surface area contributed by atoms with Crippen molar-refractivity contribution in [1.82, 2.24) is 33.2 Å². The summed E-state index contributed by atoms with van der Waals surface area (Å²) >= 11 is 0. The Labute approximate surface area is 401 Å². The van der Waals surface area contributed by atoms with E-state index in [-0.39, 0.29) is 0 Å². The Morgan fingerprint density at radius 3 is 1.30 bits per heavy atom. The lowest BCUT2D eigenvalue weighted by atomic mass is 10.0. The largest absolute Gasteiger partial charge is 0.309 e. The molecular formula is C63H39N7. The minimum atomic E-state index is 0.532. The Hall–Kier alpha value is -9.59. The third-order valence-electron chi connectivity index (χ3n) is 14.2. The molecule has 0 aliphatic rings. The van der Waals surface area contributed by atoms with Crippen LogP contribution in [0, 0.1) is 0 Å². The van der Waals surface area contributed by atoms with Gasteiger partial charge in [0.1, 0.15) is 0 Å². The van der Waals surface area contributed by atoms with E-state index in [0.29, 0.717) is 17.6 Å². The summed E-state index contributed by atoms with van der Waals surface area (Å²) in [7, 11) is 0. The molecule has 10 aromatic carbocycles. The third-order valence-corrected chi connectivity index (χ3v) is 14.2. The average molecular weight is 894 g/mol. The zero-order valence-electron chi connectivity index (χ0n) is 37.6. The van der Waals surface area contributed by atoms with E-state index in [9.17, 15) is 0 Å². The molecule has 326 valence electrons. The third kappa shape index (κ3) is 5.48.